The number of carbonyl (C=O) groups excluding carboxylic acids is 1. The minimum Gasteiger partial charge on any atom is -0.497 e. The lowest BCUT2D eigenvalue weighted by molar-refractivity contribution is 0.108. The number of piperazine rings is 1. The normalized spacial score (nSPS) is 19.3. The molecule has 0 aliphatic carbocycles. The number of hydrogen-bond donors (Lipinski definition) is 1. The highest BCUT2D eigenvalue weighted by Gasteiger charge is 2.45. The smallest absolute Gasteiger partial charge is 0.326 e. The van der Waals surface area contributed by atoms with Crippen LogP contribution in [0.2, 0.25) is 0 Å². The minimum atomic E-state index is -0.376. The lowest BCUT2D eigenvalue weighted by atomic mass is 9.94. The number of amides is 2. The number of aliphatic hydroxyl groups excluding tert-OH is 1. The van der Waals surface area contributed by atoms with Crippen molar-refractivity contribution in [3.8, 4) is 11.5 Å². The van der Waals surface area contributed by atoms with Gasteiger partial charge in [-0.2, -0.15) is 0 Å². The number of urea groups is 1. The Morgan fingerprint density at radius 1 is 0.951 bits per heavy atom. The number of carbonyl (C=O) groups is 1. The third-order valence-corrected chi connectivity index (χ3v) is 8.54. The molecule has 1 N–H and O–H groups in total. The zero-order valence-electron chi connectivity index (χ0n) is 23.2. The number of aliphatic hydroxyl groups is 1. The van der Waals surface area contributed by atoms with Gasteiger partial charge >= 0.3 is 6.03 Å². The maximum Gasteiger partial charge on any atom is 0.326 e. The van der Waals surface area contributed by atoms with Gasteiger partial charge in [0.1, 0.15) is 23.4 Å². The fourth-order valence-corrected chi connectivity index (χ4v) is 5.93. The highest BCUT2D eigenvalue weighted by Crippen LogP contribution is 2.45. The summed E-state index contributed by atoms with van der Waals surface area (Å²) in [6, 6.07) is 21.1. The van der Waals surface area contributed by atoms with Crippen LogP contribution >= 0.6 is 31.9 Å². The van der Waals surface area contributed by atoms with E-state index in [1.54, 1.807) is 7.11 Å². The summed E-state index contributed by atoms with van der Waals surface area (Å²) in [7, 11) is 1.62. The van der Waals surface area contributed by atoms with Crippen LogP contribution in [0.25, 0.3) is 0 Å². The predicted octanol–water partition coefficient (Wildman–Crippen LogP) is 5.89. The number of halogens is 2. The average molecular weight is 686 g/mol. The molecule has 10 heteroatoms. The van der Waals surface area contributed by atoms with Crippen molar-refractivity contribution >= 4 is 43.7 Å². The van der Waals surface area contributed by atoms with Crippen LogP contribution in [-0.4, -0.2) is 84.7 Å². The number of aliphatic imine (C=N–C) groups is 1. The molecule has 2 heterocycles. The number of benzene rings is 3. The van der Waals surface area contributed by atoms with Crippen molar-refractivity contribution in [2.75, 3.05) is 53.0 Å². The van der Waals surface area contributed by atoms with Crippen LogP contribution in [0.15, 0.2) is 80.7 Å². The van der Waals surface area contributed by atoms with Crippen LogP contribution < -0.4 is 9.47 Å². The van der Waals surface area contributed by atoms with Gasteiger partial charge < -0.3 is 19.5 Å². The van der Waals surface area contributed by atoms with Gasteiger partial charge in [0.05, 0.1) is 31.9 Å². The third-order valence-electron chi connectivity index (χ3n) is 7.48. The van der Waals surface area contributed by atoms with Crippen LogP contribution in [0.4, 0.5) is 4.79 Å². The Hall–Kier alpha value is -2.92. The molecule has 2 atom stereocenters. The molecular formula is C31H34Br2N4O4. The molecule has 0 saturated carbocycles. The Morgan fingerprint density at radius 3 is 2.17 bits per heavy atom. The number of amidine groups is 1. The Balaban J connectivity index is 1.64. The zero-order valence-corrected chi connectivity index (χ0v) is 26.3. The topological polar surface area (TPSA) is 77.8 Å². The van der Waals surface area contributed by atoms with E-state index in [-0.39, 0.29) is 24.7 Å². The highest BCUT2D eigenvalue weighted by atomic mass is 79.9. The first-order chi connectivity index (χ1) is 19.9. The molecule has 3 aromatic carbocycles. The molecule has 1 saturated heterocycles. The first-order valence-corrected chi connectivity index (χ1v) is 15.3. The number of β-amino-alcohol motifs (C(OH)–C–C–N with tert-alkyl or cyclic N) is 1. The van der Waals surface area contributed by atoms with Gasteiger partial charge in [0, 0.05) is 47.7 Å². The summed E-state index contributed by atoms with van der Waals surface area (Å²) in [5.41, 5.74) is 2.73. The molecule has 2 amide bonds. The number of rotatable bonds is 8. The first kappa shape index (κ1) is 29.6. The van der Waals surface area contributed by atoms with Gasteiger partial charge in [-0.05, 0) is 54.4 Å². The molecule has 5 rings (SSSR count). The maximum absolute atomic E-state index is 14.5. The van der Waals surface area contributed by atoms with Gasteiger partial charge in [-0.3, -0.25) is 14.8 Å². The Bertz CT molecular complexity index is 1380. The molecule has 216 valence electrons. The number of hydrogen-bond acceptors (Lipinski definition) is 6. The predicted molar refractivity (Wildman–Crippen MR) is 167 cm³/mol. The van der Waals surface area contributed by atoms with E-state index < -0.39 is 0 Å². The van der Waals surface area contributed by atoms with Crippen molar-refractivity contribution in [1.82, 2.24) is 14.7 Å². The monoisotopic (exact) mass is 684 g/mol. The van der Waals surface area contributed by atoms with Gasteiger partial charge in [-0.15, -0.1) is 0 Å². The summed E-state index contributed by atoms with van der Waals surface area (Å²) < 4.78 is 13.5. The second-order valence-corrected chi connectivity index (χ2v) is 11.8. The summed E-state index contributed by atoms with van der Waals surface area (Å²) in [5.74, 6) is 1.85. The summed E-state index contributed by atoms with van der Waals surface area (Å²) in [6.07, 6.45) is 0. The first-order valence-electron chi connectivity index (χ1n) is 13.7. The number of methoxy groups -OCH3 is 1. The van der Waals surface area contributed by atoms with E-state index in [4.69, 9.17) is 14.5 Å². The van der Waals surface area contributed by atoms with Crippen molar-refractivity contribution in [3.63, 3.8) is 0 Å². The molecule has 8 nitrogen and oxygen atoms in total. The van der Waals surface area contributed by atoms with Gasteiger partial charge in [0.15, 0.2) is 0 Å². The second kappa shape index (κ2) is 13.4. The van der Waals surface area contributed by atoms with Crippen LogP contribution in [0, 0.1) is 0 Å². The van der Waals surface area contributed by atoms with E-state index in [0.717, 1.165) is 25.6 Å². The van der Waals surface area contributed by atoms with Crippen LogP contribution in [0.3, 0.4) is 0 Å². The highest BCUT2D eigenvalue weighted by molar-refractivity contribution is 9.10. The van der Waals surface area contributed by atoms with Crippen molar-refractivity contribution < 1.29 is 19.4 Å². The van der Waals surface area contributed by atoms with E-state index in [0.29, 0.717) is 56.7 Å². The van der Waals surface area contributed by atoms with Crippen LogP contribution in [-0.2, 0) is 0 Å². The maximum atomic E-state index is 14.5. The molecule has 3 aromatic rings. The van der Waals surface area contributed by atoms with Crippen molar-refractivity contribution in [3.05, 3.63) is 92.4 Å². The van der Waals surface area contributed by atoms with E-state index >= 15 is 0 Å². The largest absolute Gasteiger partial charge is 0.497 e. The molecular weight excluding hydrogens is 652 g/mol. The van der Waals surface area contributed by atoms with Crippen LogP contribution in [0.5, 0.6) is 11.5 Å². The van der Waals surface area contributed by atoms with Gasteiger partial charge in [0.2, 0.25) is 0 Å². The lowest BCUT2D eigenvalue weighted by Crippen LogP contribution is -2.54. The molecule has 1 fully saturated rings. The summed E-state index contributed by atoms with van der Waals surface area (Å²) in [5, 5.41) is 9.40. The average Bonchev–Trinajstić information content (AvgIpc) is 3.38. The third kappa shape index (κ3) is 6.45. The SMILES string of the molecule is CCOc1cc(OC)ccc1C1=N[C@H](c2ccc(Br)cc2)[C@H](c2ccc(Br)cc2)N1C(=O)N1CCN(CCO)CC1. The number of ether oxygens (including phenoxy) is 2. The Kier molecular flexibility index (Phi) is 9.64. The fourth-order valence-electron chi connectivity index (χ4n) is 5.40. The quantitative estimate of drug-likeness (QED) is 0.320. The molecule has 2 aliphatic rings. The molecule has 2 aliphatic heterocycles. The molecule has 0 spiro atoms. The van der Waals surface area contributed by atoms with E-state index in [9.17, 15) is 9.90 Å². The van der Waals surface area contributed by atoms with Gasteiger partial charge in [0.25, 0.3) is 0 Å². The standard InChI is InChI=1S/C31H34Br2N4O4/c1-3-41-27-20-25(40-2)12-13-26(27)30-34-28(21-4-8-23(32)9-5-21)29(22-6-10-24(33)11-7-22)37(30)31(39)36-16-14-35(15-17-36)18-19-38/h4-13,20,28-29,38H,3,14-19H2,1-2H3/t28-,29+/m1/s1. The number of nitrogens with zero attached hydrogens (tertiary/aromatic N) is 4. The van der Waals surface area contributed by atoms with E-state index in [1.807, 2.05) is 59.2 Å². The van der Waals surface area contributed by atoms with Crippen LogP contribution in [0.1, 0.15) is 35.7 Å². The molecule has 0 bridgehead atoms. The Morgan fingerprint density at radius 2 is 1.59 bits per heavy atom. The summed E-state index contributed by atoms with van der Waals surface area (Å²) in [4.78, 5) is 25.7. The van der Waals surface area contributed by atoms with E-state index in [1.165, 1.54) is 0 Å². The molecule has 41 heavy (non-hydrogen) atoms. The molecule has 0 aromatic heterocycles. The van der Waals surface area contributed by atoms with Gasteiger partial charge in [-0.1, -0.05) is 56.1 Å². The van der Waals surface area contributed by atoms with Crippen molar-refractivity contribution in [2.45, 2.75) is 19.0 Å². The summed E-state index contributed by atoms with van der Waals surface area (Å²) >= 11 is 7.12. The van der Waals surface area contributed by atoms with Crippen molar-refractivity contribution in [1.29, 1.82) is 0 Å². The Labute approximate surface area is 257 Å². The van der Waals surface area contributed by atoms with Crippen molar-refractivity contribution in [2.24, 2.45) is 4.99 Å². The molecule has 0 radical (unpaired) electrons. The zero-order chi connectivity index (χ0) is 28.9. The lowest BCUT2D eigenvalue weighted by Gasteiger charge is -2.39. The van der Waals surface area contributed by atoms with Gasteiger partial charge in [-0.25, -0.2) is 4.79 Å². The molecule has 0 unspecified atom stereocenters. The second-order valence-electron chi connectivity index (χ2n) is 9.95. The van der Waals surface area contributed by atoms with E-state index in [2.05, 4.69) is 61.0 Å². The summed E-state index contributed by atoms with van der Waals surface area (Å²) in [6.45, 7) is 5.66. The fraction of sp³-hybridized carbons (Fsp3) is 0.355. The minimum absolute atomic E-state index is 0.0989.